The molecule has 0 atom stereocenters. The van der Waals surface area contributed by atoms with E-state index in [1.54, 1.807) is 6.92 Å². The average Bonchev–Trinajstić information content (AvgIpc) is 2.81. The van der Waals surface area contributed by atoms with Crippen molar-refractivity contribution in [3.8, 4) is 6.01 Å². The lowest BCUT2D eigenvalue weighted by molar-refractivity contribution is 0.0688. The summed E-state index contributed by atoms with van der Waals surface area (Å²) >= 11 is 0. The Labute approximate surface area is 106 Å². The van der Waals surface area contributed by atoms with Crippen LogP contribution in [0.1, 0.15) is 29.0 Å². The van der Waals surface area contributed by atoms with E-state index in [-0.39, 0.29) is 11.7 Å². The molecule has 1 aliphatic heterocycles. The number of hydrogen-bond donors (Lipinski definition) is 1. The summed E-state index contributed by atoms with van der Waals surface area (Å²) in [7, 11) is 0. The first kappa shape index (κ1) is 12.8. The Morgan fingerprint density at radius 3 is 2.83 bits per heavy atom. The molecule has 1 aromatic rings. The lowest BCUT2D eigenvalue weighted by Crippen LogP contribution is -2.25. The molecular weight excluding hydrogens is 234 g/mol. The van der Waals surface area contributed by atoms with Crippen molar-refractivity contribution in [3.63, 3.8) is 0 Å². The first-order valence-electron chi connectivity index (χ1n) is 6.09. The number of rotatable bonds is 5. The number of aromatic nitrogens is 2. The van der Waals surface area contributed by atoms with Crippen molar-refractivity contribution in [2.24, 2.45) is 0 Å². The zero-order chi connectivity index (χ0) is 13.0. The molecule has 0 amide bonds. The molecule has 1 fully saturated rings. The summed E-state index contributed by atoms with van der Waals surface area (Å²) in [4.78, 5) is 21.1. The maximum atomic E-state index is 10.8. The van der Waals surface area contributed by atoms with E-state index in [4.69, 9.17) is 9.84 Å². The smallest absolute Gasteiger partial charge is 0.354 e. The van der Waals surface area contributed by atoms with E-state index >= 15 is 0 Å². The van der Waals surface area contributed by atoms with Crippen LogP contribution in [0.2, 0.25) is 0 Å². The van der Waals surface area contributed by atoms with Crippen LogP contribution in [0.5, 0.6) is 6.01 Å². The van der Waals surface area contributed by atoms with E-state index in [1.807, 2.05) is 0 Å². The van der Waals surface area contributed by atoms with Gasteiger partial charge in [-0.3, -0.25) is 4.90 Å². The molecule has 6 heteroatoms. The zero-order valence-electron chi connectivity index (χ0n) is 10.4. The van der Waals surface area contributed by atoms with Crippen LogP contribution in [0.3, 0.4) is 0 Å². The number of aryl methyl sites for hydroxylation is 1. The van der Waals surface area contributed by atoms with Gasteiger partial charge in [0.25, 0.3) is 0 Å². The highest BCUT2D eigenvalue weighted by atomic mass is 16.5. The molecule has 0 saturated carbocycles. The monoisotopic (exact) mass is 251 g/mol. The van der Waals surface area contributed by atoms with Crippen LogP contribution in [0.15, 0.2) is 6.07 Å². The van der Waals surface area contributed by atoms with Gasteiger partial charge in [-0.15, -0.1) is 0 Å². The zero-order valence-corrected chi connectivity index (χ0v) is 10.4. The second-order valence-corrected chi connectivity index (χ2v) is 4.38. The Morgan fingerprint density at radius 2 is 2.17 bits per heavy atom. The fourth-order valence-corrected chi connectivity index (χ4v) is 1.99. The third-order valence-electron chi connectivity index (χ3n) is 2.89. The normalized spacial score (nSPS) is 15.8. The molecule has 1 aromatic heterocycles. The number of aromatic carboxylic acids is 1. The van der Waals surface area contributed by atoms with Crippen molar-refractivity contribution < 1.29 is 14.6 Å². The molecule has 2 heterocycles. The lowest BCUT2D eigenvalue weighted by Gasteiger charge is -2.14. The standard InChI is InChI=1S/C12H17N3O3/c1-9-8-10(11(16)17)14-12(13-9)18-7-6-15-4-2-3-5-15/h8H,2-7H2,1H3,(H,16,17). The number of hydrogen-bond acceptors (Lipinski definition) is 5. The summed E-state index contributed by atoms with van der Waals surface area (Å²) in [5.74, 6) is -1.06. The Bertz CT molecular complexity index is 431. The summed E-state index contributed by atoms with van der Waals surface area (Å²) < 4.78 is 5.41. The van der Waals surface area contributed by atoms with Gasteiger partial charge in [0.1, 0.15) is 6.61 Å². The van der Waals surface area contributed by atoms with E-state index in [1.165, 1.54) is 18.9 Å². The minimum atomic E-state index is -1.06. The SMILES string of the molecule is Cc1cc(C(=O)O)nc(OCCN2CCCC2)n1. The molecule has 98 valence electrons. The van der Waals surface area contributed by atoms with Crippen molar-refractivity contribution in [1.82, 2.24) is 14.9 Å². The molecule has 0 unspecified atom stereocenters. The summed E-state index contributed by atoms with van der Waals surface area (Å²) in [6, 6.07) is 1.57. The van der Waals surface area contributed by atoms with Gasteiger partial charge in [0, 0.05) is 12.2 Å². The maximum Gasteiger partial charge on any atom is 0.354 e. The van der Waals surface area contributed by atoms with Gasteiger partial charge in [0.05, 0.1) is 0 Å². The summed E-state index contributed by atoms with van der Waals surface area (Å²) in [6.45, 7) is 5.26. The Morgan fingerprint density at radius 1 is 1.44 bits per heavy atom. The number of ether oxygens (including phenoxy) is 1. The molecule has 18 heavy (non-hydrogen) atoms. The van der Waals surface area contributed by atoms with Gasteiger partial charge < -0.3 is 9.84 Å². The molecule has 0 aliphatic carbocycles. The van der Waals surface area contributed by atoms with E-state index < -0.39 is 5.97 Å². The summed E-state index contributed by atoms with van der Waals surface area (Å²) in [5.41, 5.74) is 0.567. The van der Waals surface area contributed by atoms with Crippen molar-refractivity contribution in [2.45, 2.75) is 19.8 Å². The van der Waals surface area contributed by atoms with Gasteiger partial charge in [0.15, 0.2) is 5.69 Å². The number of carboxylic acid groups (broad SMARTS) is 1. The van der Waals surface area contributed by atoms with Gasteiger partial charge in [-0.05, 0) is 38.9 Å². The van der Waals surface area contributed by atoms with Crippen LogP contribution < -0.4 is 4.74 Å². The third kappa shape index (κ3) is 3.40. The van der Waals surface area contributed by atoms with Crippen LogP contribution in [-0.2, 0) is 0 Å². The molecule has 1 saturated heterocycles. The minimum Gasteiger partial charge on any atom is -0.477 e. The highest BCUT2D eigenvalue weighted by Gasteiger charge is 2.12. The Kier molecular flexibility index (Phi) is 4.09. The van der Waals surface area contributed by atoms with Crippen molar-refractivity contribution in [1.29, 1.82) is 0 Å². The van der Waals surface area contributed by atoms with Crippen LogP contribution in [0.4, 0.5) is 0 Å². The first-order chi connectivity index (χ1) is 8.65. The number of likely N-dealkylation sites (tertiary alicyclic amines) is 1. The molecular formula is C12H17N3O3. The van der Waals surface area contributed by atoms with Crippen LogP contribution in [0, 0.1) is 6.92 Å². The fraction of sp³-hybridized carbons (Fsp3) is 0.583. The van der Waals surface area contributed by atoms with E-state index in [2.05, 4.69) is 14.9 Å². The van der Waals surface area contributed by atoms with Crippen molar-refractivity contribution in [3.05, 3.63) is 17.5 Å². The van der Waals surface area contributed by atoms with E-state index in [0.29, 0.717) is 12.3 Å². The molecule has 2 rings (SSSR count). The van der Waals surface area contributed by atoms with Gasteiger partial charge >= 0.3 is 12.0 Å². The molecule has 0 aromatic carbocycles. The largest absolute Gasteiger partial charge is 0.477 e. The molecule has 1 N–H and O–H groups in total. The van der Waals surface area contributed by atoms with Crippen molar-refractivity contribution >= 4 is 5.97 Å². The number of carboxylic acids is 1. The lowest BCUT2D eigenvalue weighted by atomic mass is 10.3. The number of carbonyl (C=O) groups is 1. The van der Waals surface area contributed by atoms with Gasteiger partial charge in [-0.25, -0.2) is 9.78 Å². The summed E-state index contributed by atoms with van der Waals surface area (Å²) in [6.07, 6.45) is 2.48. The maximum absolute atomic E-state index is 10.8. The second kappa shape index (κ2) is 5.77. The van der Waals surface area contributed by atoms with E-state index in [9.17, 15) is 4.79 Å². The van der Waals surface area contributed by atoms with Gasteiger partial charge in [0.2, 0.25) is 0 Å². The predicted octanol–water partition coefficient (Wildman–Crippen LogP) is 0.958. The molecule has 0 bridgehead atoms. The Balaban J connectivity index is 1.89. The van der Waals surface area contributed by atoms with Gasteiger partial charge in [-0.1, -0.05) is 0 Å². The van der Waals surface area contributed by atoms with Crippen molar-refractivity contribution in [2.75, 3.05) is 26.2 Å². The van der Waals surface area contributed by atoms with Gasteiger partial charge in [-0.2, -0.15) is 4.98 Å². The predicted molar refractivity (Wildman–Crippen MR) is 64.9 cm³/mol. The number of nitrogens with zero attached hydrogens (tertiary/aromatic N) is 3. The average molecular weight is 251 g/mol. The fourth-order valence-electron chi connectivity index (χ4n) is 1.99. The van der Waals surface area contributed by atoms with Crippen LogP contribution >= 0.6 is 0 Å². The minimum absolute atomic E-state index is 0.0290. The quantitative estimate of drug-likeness (QED) is 0.840. The second-order valence-electron chi connectivity index (χ2n) is 4.38. The van der Waals surface area contributed by atoms with Crippen LogP contribution in [-0.4, -0.2) is 52.2 Å². The summed E-state index contributed by atoms with van der Waals surface area (Å²) in [5, 5.41) is 8.88. The molecule has 6 nitrogen and oxygen atoms in total. The Hall–Kier alpha value is -1.69. The topological polar surface area (TPSA) is 75.6 Å². The van der Waals surface area contributed by atoms with Crippen LogP contribution in [0.25, 0.3) is 0 Å². The molecule has 0 spiro atoms. The first-order valence-corrected chi connectivity index (χ1v) is 6.09. The highest BCUT2D eigenvalue weighted by molar-refractivity contribution is 5.85. The third-order valence-corrected chi connectivity index (χ3v) is 2.89. The molecule has 1 aliphatic rings. The van der Waals surface area contributed by atoms with E-state index in [0.717, 1.165) is 19.6 Å². The highest BCUT2D eigenvalue weighted by Crippen LogP contribution is 2.09. The molecule has 0 radical (unpaired) electrons.